The zero-order valence-corrected chi connectivity index (χ0v) is 23.8. The maximum absolute atomic E-state index is 5.19. The Morgan fingerprint density at radius 1 is 0.455 bits per heavy atom. The number of nitrogens with zero attached hydrogens (tertiary/aromatic N) is 4. The van der Waals surface area contributed by atoms with Crippen LogP contribution in [0.5, 0.6) is 0 Å². The summed E-state index contributed by atoms with van der Waals surface area (Å²) in [6, 6.07) is 53.7. The number of anilines is 3. The Kier molecular flexibility index (Phi) is 5.47. The predicted molar refractivity (Wildman–Crippen MR) is 181 cm³/mol. The van der Waals surface area contributed by atoms with E-state index >= 15 is 0 Å². The first kappa shape index (κ1) is 24.6. The van der Waals surface area contributed by atoms with Gasteiger partial charge >= 0.3 is 0 Å². The maximum atomic E-state index is 5.19. The highest BCUT2D eigenvalue weighted by molar-refractivity contribution is 6.02. The lowest BCUT2D eigenvalue weighted by Gasteiger charge is -2.27. The molecule has 4 heteroatoms. The van der Waals surface area contributed by atoms with Crippen LogP contribution in [0.4, 0.5) is 17.1 Å². The van der Waals surface area contributed by atoms with E-state index in [4.69, 9.17) is 4.98 Å². The molecule has 44 heavy (non-hydrogen) atoms. The van der Waals surface area contributed by atoms with Gasteiger partial charge in [0.15, 0.2) is 0 Å². The van der Waals surface area contributed by atoms with Crippen molar-refractivity contribution in [3.05, 3.63) is 158 Å². The average Bonchev–Trinajstić information content (AvgIpc) is 3.41. The summed E-state index contributed by atoms with van der Waals surface area (Å²) in [4.78, 5) is 12.2. The SMILES string of the molecule is c1ccc(-n2c(-c3ccc(N4c5ccccc5-c5ccccc5-c5ccccc54)cc3)nc3cc4cccnc4cc32)cc1. The van der Waals surface area contributed by atoms with Crippen LogP contribution in [-0.2, 0) is 0 Å². The van der Waals surface area contributed by atoms with E-state index in [-0.39, 0.29) is 0 Å². The normalized spacial score (nSPS) is 12.0. The van der Waals surface area contributed by atoms with E-state index in [2.05, 4.69) is 154 Å². The van der Waals surface area contributed by atoms with Gasteiger partial charge in [-0.3, -0.25) is 9.55 Å². The molecule has 2 aromatic heterocycles. The lowest BCUT2D eigenvalue weighted by Crippen LogP contribution is -2.10. The van der Waals surface area contributed by atoms with Crippen molar-refractivity contribution in [2.45, 2.75) is 0 Å². The van der Waals surface area contributed by atoms with Crippen molar-refractivity contribution in [3.8, 4) is 39.3 Å². The fourth-order valence-electron chi connectivity index (χ4n) is 6.59. The molecule has 6 aromatic carbocycles. The molecule has 3 heterocycles. The third-order valence-electron chi connectivity index (χ3n) is 8.57. The number of aromatic nitrogens is 3. The van der Waals surface area contributed by atoms with Crippen molar-refractivity contribution in [1.82, 2.24) is 14.5 Å². The summed E-state index contributed by atoms with van der Waals surface area (Å²) in [5.74, 6) is 0.900. The van der Waals surface area contributed by atoms with Crippen molar-refractivity contribution < 1.29 is 0 Å². The number of imidazole rings is 1. The van der Waals surface area contributed by atoms with Gasteiger partial charge in [-0.1, -0.05) is 84.9 Å². The number of pyridine rings is 1. The highest BCUT2D eigenvalue weighted by atomic mass is 15.2. The third-order valence-corrected chi connectivity index (χ3v) is 8.57. The molecule has 8 aromatic rings. The molecule has 206 valence electrons. The van der Waals surface area contributed by atoms with Crippen LogP contribution in [0.1, 0.15) is 0 Å². The number of benzene rings is 6. The summed E-state index contributed by atoms with van der Waals surface area (Å²) in [6.07, 6.45) is 1.84. The first-order chi connectivity index (χ1) is 21.8. The van der Waals surface area contributed by atoms with E-state index in [1.165, 1.54) is 22.3 Å². The van der Waals surface area contributed by atoms with Gasteiger partial charge in [-0.05, 0) is 77.9 Å². The molecule has 4 nitrogen and oxygen atoms in total. The van der Waals surface area contributed by atoms with Gasteiger partial charge in [0.25, 0.3) is 0 Å². The van der Waals surface area contributed by atoms with Crippen molar-refractivity contribution in [1.29, 1.82) is 0 Å². The van der Waals surface area contributed by atoms with Gasteiger partial charge in [-0.2, -0.15) is 0 Å². The molecule has 0 radical (unpaired) electrons. The Bertz CT molecular complexity index is 2270. The standard InChI is InChI=1S/C40H26N4/c1-2-12-29(13-3-1)44-39-26-35-28(11-10-24-41-35)25-36(39)42-40(44)27-20-22-30(23-21-27)43-37-18-8-6-16-33(37)31-14-4-5-15-32(31)34-17-7-9-19-38(34)43/h1-26H. The van der Waals surface area contributed by atoms with Gasteiger partial charge in [-0.25, -0.2) is 4.98 Å². The molecule has 0 spiro atoms. The Labute approximate surface area is 255 Å². The number of hydrogen-bond acceptors (Lipinski definition) is 3. The number of hydrogen-bond donors (Lipinski definition) is 0. The van der Waals surface area contributed by atoms with Gasteiger partial charge < -0.3 is 4.90 Å². The molecule has 0 saturated carbocycles. The lowest BCUT2D eigenvalue weighted by molar-refractivity contribution is 1.10. The van der Waals surface area contributed by atoms with Gasteiger partial charge in [0, 0.05) is 39.6 Å². The zero-order valence-electron chi connectivity index (χ0n) is 23.8. The second kappa shape index (κ2) is 9.79. The van der Waals surface area contributed by atoms with Crippen LogP contribution >= 0.6 is 0 Å². The zero-order chi connectivity index (χ0) is 29.0. The van der Waals surface area contributed by atoms with Crippen LogP contribution in [0.3, 0.4) is 0 Å². The summed E-state index contributed by atoms with van der Waals surface area (Å²) in [7, 11) is 0. The minimum atomic E-state index is 0.900. The second-order valence-electron chi connectivity index (χ2n) is 11.1. The largest absolute Gasteiger partial charge is 0.309 e. The predicted octanol–water partition coefficient (Wildman–Crippen LogP) is 10.4. The number of para-hydroxylation sites is 3. The fourth-order valence-corrected chi connectivity index (χ4v) is 6.59. The van der Waals surface area contributed by atoms with Crippen LogP contribution in [0.15, 0.2) is 158 Å². The second-order valence-corrected chi connectivity index (χ2v) is 11.1. The fraction of sp³-hybridized carbons (Fsp3) is 0. The Morgan fingerprint density at radius 3 is 1.75 bits per heavy atom. The van der Waals surface area contributed by atoms with Crippen LogP contribution in [-0.4, -0.2) is 14.5 Å². The minimum absolute atomic E-state index is 0.900. The molecule has 0 fully saturated rings. The summed E-state index contributed by atoms with van der Waals surface area (Å²) in [5, 5.41) is 1.08. The summed E-state index contributed by atoms with van der Waals surface area (Å²) in [5.41, 5.74) is 13.4. The highest BCUT2D eigenvalue weighted by Crippen LogP contribution is 2.50. The summed E-state index contributed by atoms with van der Waals surface area (Å²) in [6.45, 7) is 0. The average molecular weight is 563 g/mol. The molecular weight excluding hydrogens is 536 g/mol. The quantitative estimate of drug-likeness (QED) is 0.215. The Hall–Kier alpha value is -6.00. The Morgan fingerprint density at radius 2 is 1.07 bits per heavy atom. The van der Waals surface area contributed by atoms with E-state index in [1.54, 1.807) is 0 Å². The molecule has 0 N–H and O–H groups in total. The monoisotopic (exact) mass is 562 g/mol. The van der Waals surface area contributed by atoms with Gasteiger partial charge in [-0.15, -0.1) is 0 Å². The van der Waals surface area contributed by atoms with Crippen molar-refractivity contribution in [2.75, 3.05) is 4.90 Å². The van der Waals surface area contributed by atoms with Crippen molar-refractivity contribution in [2.24, 2.45) is 0 Å². The number of rotatable bonds is 3. The minimum Gasteiger partial charge on any atom is -0.309 e. The molecule has 1 aliphatic heterocycles. The third kappa shape index (κ3) is 3.78. The van der Waals surface area contributed by atoms with Crippen molar-refractivity contribution >= 4 is 39.0 Å². The lowest BCUT2D eigenvalue weighted by atomic mass is 9.95. The maximum Gasteiger partial charge on any atom is 0.145 e. The molecule has 1 aliphatic rings. The number of fused-ring (bicyclic) bond motifs is 7. The van der Waals surface area contributed by atoms with Crippen molar-refractivity contribution in [3.63, 3.8) is 0 Å². The van der Waals surface area contributed by atoms with Gasteiger partial charge in [0.2, 0.25) is 0 Å². The van der Waals surface area contributed by atoms with E-state index in [1.807, 2.05) is 18.3 Å². The molecule has 0 saturated heterocycles. The first-order valence-corrected chi connectivity index (χ1v) is 14.8. The van der Waals surface area contributed by atoms with E-state index in [0.717, 1.165) is 56.1 Å². The molecule has 9 rings (SSSR count). The van der Waals surface area contributed by atoms with Gasteiger partial charge in [0.1, 0.15) is 5.82 Å². The highest BCUT2D eigenvalue weighted by Gasteiger charge is 2.25. The van der Waals surface area contributed by atoms with E-state index in [9.17, 15) is 0 Å². The summed E-state index contributed by atoms with van der Waals surface area (Å²) >= 11 is 0. The van der Waals surface area contributed by atoms with Crippen LogP contribution in [0.25, 0.3) is 61.3 Å². The van der Waals surface area contributed by atoms with Crippen LogP contribution < -0.4 is 4.90 Å². The molecule has 0 unspecified atom stereocenters. The topological polar surface area (TPSA) is 34.0 Å². The molecule has 0 aliphatic carbocycles. The van der Waals surface area contributed by atoms with Crippen LogP contribution in [0.2, 0.25) is 0 Å². The Balaban J connectivity index is 1.23. The molecule has 0 bridgehead atoms. The van der Waals surface area contributed by atoms with E-state index in [0.29, 0.717) is 0 Å². The molecule has 0 atom stereocenters. The smallest absolute Gasteiger partial charge is 0.145 e. The molecular formula is C40H26N4. The summed E-state index contributed by atoms with van der Waals surface area (Å²) < 4.78 is 2.24. The molecule has 0 amide bonds. The first-order valence-electron chi connectivity index (χ1n) is 14.8. The van der Waals surface area contributed by atoms with Gasteiger partial charge in [0.05, 0.1) is 27.9 Å². The van der Waals surface area contributed by atoms with Crippen LogP contribution in [0, 0.1) is 0 Å². The van der Waals surface area contributed by atoms with E-state index < -0.39 is 0 Å².